The lowest BCUT2D eigenvalue weighted by Crippen LogP contribution is -2.63. The van der Waals surface area contributed by atoms with E-state index in [2.05, 4.69) is 0 Å². The molecule has 0 fully saturated rings. The smallest absolute Gasteiger partial charge is 0.342 e. The lowest BCUT2D eigenvalue weighted by molar-refractivity contribution is -0.173. The Morgan fingerprint density at radius 2 is 1.72 bits per heavy atom. The van der Waals surface area contributed by atoms with Crippen molar-refractivity contribution >= 4 is 23.8 Å². The number of hydrogen-bond acceptors (Lipinski definition) is 6. The number of hydrogen-bond donors (Lipinski definition) is 0. The number of ether oxygens (including phenoxy) is 2. The number of benzene rings is 1. The topological polar surface area (TPSA) is 94.9 Å². The highest BCUT2D eigenvalue weighted by molar-refractivity contribution is 6.18. The number of carbonyl (C=O) groups excluding carboxylic acids is 4. The van der Waals surface area contributed by atoms with Crippen molar-refractivity contribution in [3.8, 4) is 0 Å². The standard InChI is InChI=1S/C24H28N2O6/c1-5-31-22(30)24(16-19(27)32-23(2,3)4)21(29)25(15-13-17-10-7-6-8-11-17)20(28)18-12-9-14-26(18)24/h6-12,14H,5,13,15-16H2,1-4H3. The van der Waals surface area contributed by atoms with Gasteiger partial charge in [-0.25, -0.2) is 4.79 Å². The molecule has 2 amide bonds. The summed E-state index contributed by atoms with van der Waals surface area (Å²) in [5, 5.41) is 0. The van der Waals surface area contributed by atoms with Crippen molar-refractivity contribution in [3.05, 3.63) is 59.9 Å². The Kier molecular flexibility index (Phi) is 6.52. The quantitative estimate of drug-likeness (QED) is 0.373. The fourth-order valence-corrected chi connectivity index (χ4v) is 3.79. The monoisotopic (exact) mass is 440 g/mol. The summed E-state index contributed by atoms with van der Waals surface area (Å²) in [4.78, 5) is 53.9. The number of amides is 2. The number of imide groups is 1. The van der Waals surface area contributed by atoms with Crippen molar-refractivity contribution in [2.24, 2.45) is 0 Å². The van der Waals surface area contributed by atoms with E-state index >= 15 is 0 Å². The SMILES string of the molecule is CCOC(=O)C1(CC(=O)OC(C)(C)C)C(=O)N(CCc2ccccc2)C(=O)c2cccn21. The van der Waals surface area contributed by atoms with Gasteiger partial charge < -0.3 is 14.0 Å². The molecule has 3 rings (SSSR count). The Hall–Kier alpha value is -3.42. The summed E-state index contributed by atoms with van der Waals surface area (Å²) in [6.07, 6.45) is 1.27. The zero-order chi connectivity index (χ0) is 23.5. The van der Waals surface area contributed by atoms with Crippen molar-refractivity contribution in [1.29, 1.82) is 0 Å². The number of carbonyl (C=O) groups is 4. The number of nitrogens with zero attached hydrogens (tertiary/aromatic N) is 2. The van der Waals surface area contributed by atoms with E-state index in [1.54, 1.807) is 33.8 Å². The third kappa shape index (κ3) is 4.44. The van der Waals surface area contributed by atoms with E-state index in [1.807, 2.05) is 30.3 Å². The molecular weight excluding hydrogens is 412 g/mol. The summed E-state index contributed by atoms with van der Waals surface area (Å²) in [5.74, 6) is -2.96. The van der Waals surface area contributed by atoms with Crippen LogP contribution in [0.15, 0.2) is 48.7 Å². The zero-order valence-corrected chi connectivity index (χ0v) is 18.8. The molecule has 1 atom stereocenters. The normalized spacial score (nSPS) is 18.3. The Morgan fingerprint density at radius 1 is 1.03 bits per heavy atom. The van der Waals surface area contributed by atoms with Crippen LogP contribution in [0.4, 0.5) is 0 Å². The van der Waals surface area contributed by atoms with Gasteiger partial charge in [-0.05, 0) is 51.8 Å². The van der Waals surface area contributed by atoms with Gasteiger partial charge in [0.1, 0.15) is 11.3 Å². The number of rotatable bonds is 7. The molecule has 0 bridgehead atoms. The van der Waals surface area contributed by atoms with Gasteiger partial charge in [-0.15, -0.1) is 0 Å². The maximum absolute atomic E-state index is 13.7. The molecule has 2 aromatic rings. The Balaban J connectivity index is 2.04. The van der Waals surface area contributed by atoms with Gasteiger partial charge in [-0.1, -0.05) is 30.3 Å². The predicted molar refractivity (Wildman–Crippen MR) is 116 cm³/mol. The molecule has 170 valence electrons. The highest BCUT2D eigenvalue weighted by Gasteiger charge is 2.58. The molecule has 32 heavy (non-hydrogen) atoms. The molecule has 1 aliphatic rings. The summed E-state index contributed by atoms with van der Waals surface area (Å²) < 4.78 is 11.9. The van der Waals surface area contributed by atoms with E-state index in [4.69, 9.17) is 9.47 Å². The van der Waals surface area contributed by atoms with E-state index < -0.39 is 41.3 Å². The van der Waals surface area contributed by atoms with Crippen LogP contribution in [-0.2, 0) is 35.8 Å². The molecule has 1 aliphatic heterocycles. The van der Waals surface area contributed by atoms with Crippen LogP contribution >= 0.6 is 0 Å². The van der Waals surface area contributed by atoms with Crippen LogP contribution in [0.25, 0.3) is 0 Å². The molecule has 2 heterocycles. The maximum Gasteiger partial charge on any atom is 0.342 e. The zero-order valence-electron chi connectivity index (χ0n) is 18.8. The van der Waals surface area contributed by atoms with Gasteiger partial charge >= 0.3 is 11.9 Å². The summed E-state index contributed by atoms with van der Waals surface area (Å²) in [5.41, 5.74) is -1.80. The van der Waals surface area contributed by atoms with Gasteiger partial charge in [0.25, 0.3) is 11.8 Å². The third-order valence-electron chi connectivity index (χ3n) is 5.12. The fraction of sp³-hybridized carbons (Fsp3) is 0.417. The molecule has 1 aromatic carbocycles. The minimum absolute atomic E-state index is 0.0107. The molecule has 8 nitrogen and oxygen atoms in total. The summed E-state index contributed by atoms with van der Waals surface area (Å²) in [6.45, 7) is 6.77. The van der Waals surface area contributed by atoms with Crippen LogP contribution < -0.4 is 0 Å². The van der Waals surface area contributed by atoms with Crippen molar-refractivity contribution in [3.63, 3.8) is 0 Å². The number of esters is 2. The molecule has 0 spiro atoms. The molecule has 8 heteroatoms. The molecule has 0 saturated carbocycles. The highest BCUT2D eigenvalue weighted by Crippen LogP contribution is 2.34. The van der Waals surface area contributed by atoms with E-state index in [-0.39, 0.29) is 18.8 Å². The summed E-state index contributed by atoms with van der Waals surface area (Å²) >= 11 is 0. The lowest BCUT2D eigenvalue weighted by Gasteiger charge is -2.40. The van der Waals surface area contributed by atoms with Crippen molar-refractivity contribution in [2.75, 3.05) is 13.2 Å². The summed E-state index contributed by atoms with van der Waals surface area (Å²) in [7, 11) is 0. The van der Waals surface area contributed by atoms with Gasteiger partial charge in [-0.3, -0.25) is 19.3 Å². The highest BCUT2D eigenvalue weighted by atomic mass is 16.6. The van der Waals surface area contributed by atoms with E-state index in [9.17, 15) is 19.2 Å². The van der Waals surface area contributed by atoms with Crippen LogP contribution in [0.5, 0.6) is 0 Å². The minimum Gasteiger partial charge on any atom is -0.464 e. The van der Waals surface area contributed by atoms with E-state index in [0.29, 0.717) is 6.42 Å². The first-order valence-corrected chi connectivity index (χ1v) is 10.6. The summed E-state index contributed by atoms with van der Waals surface area (Å²) in [6, 6.07) is 12.5. The Labute approximate surface area is 187 Å². The van der Waals surface area contributed by atoms with Gasteiger partial charge in [0, 0.05) is 12.7 Å². The molecule has 0 radical (unpaired) electrons. The van der Waals surface area contributed by atoms with Crippen LogP contribution in [-0.4, -0.2) is 52.0 Å². The molecule has 1 aromatic heterocycles. The lowest BCUT2D eigenvalue weighted by atomic mass is 9.89. The Bertz CT molecular complexity index is 1020. The number of fused-ring (bicyclic) bond motifs is 1. The predicted octanol–water partition coefficient (Wildman–Crippen LogP) is 2.70. The first-order valence-electron chi connectivity index (χ1n) is 10.6. The van der Waals surface area contributed by atoms with Crippen LogP contribution in [0.1, 0.15) is 50.2 Å². The second-order valence-electron chi connectivity index (χ2n) is 8.60. The van der Waals surface area contributed by atoms with Gasteiger partial charge in [0.15, 0.2) is 0 Å². The average Bonchev–Trinajstić information content (AvgIpc) is 3.21. The molecular formula is C24H28N2O6. The van der Waals surface area contributed by atoms with Crippen molar-refractivity contribution < 1.29 is 28.7 Å². The van der Waals surface area contributed by atoms with E-state index in [0.717, 1.165) is 10.5 Å². The number of aromatic nitrogens is 1. The van der Waals surface area contributed by atoms with Crippen LogP contribution in [0.3, 0.4) is 0 Å². The Morgan fingerprint density at radius 3 is 2.34 bits per heavy atom. The first kappa shape index (κ1) is 23.2. The average molecular weight is 440 g/mol. The van der Waals surface area contributed by atoms with Crippen LogP contribution in [0, 0.1) is 0 Å². The third-order valence-corrected chi connectivity index (χ3v) is 5.12. The van der Waals surface area contributed by atoms with Gasteiger partial charge in [0.05, 0.1) is 13.0 Å². The minimum atomic E-state index is -2.05. The molecule has 0 aliphatic carbocycles. The second-order valence-corrected chi connectivity index (χ2v) is 8.60. The largest absolute Gasteiger partial charge is 0.464 e. The maximum atomic E-state index is 13.7. The fourth-order valence-electron chi connectivity index (χ4n) is 3.79. The molecule has 1 unspecified atom stereocenters. The van der Waals surface area contributed by atoms with Gasteiger partial charge in [-0.2, -0.15) is 0 Å². The van der Waals surface area contributed by atoms with E-state index in [1.165, 1.54) is 16.8 Å². The van der Waals surface area contributed by atoms with Crippen molar-refractivity contribution in [2.45, 2.75) is 51.7 Å². The molecule has 0 saturated heterocycles. The van der Waals surface area contributed by atoms with Gasteiger partial charge in [0.2, 0.25) is 5.54 Å². The van der Waals surface area contributed by atoms with Crippen LogP contribution in [0.2, 0.25) is 0 Å². The molecule has 0 N–H and O–H groups in total. The van der Waals surface area contributed by atoms with Crippen molar-refractivity contribution in [1.82, 2.24) is 9.47 Å². The second kappa shape index (κ2) is 8.98. The first-order chi connectivity index (χ1) is 15.1.